The van der Waals surface area contributed by atoms with E-state index in [9.17, 15) is 18.8 Å². The van der Waals surface area contributed by atoms with Gasteiger partial charge in [-0.05, 0) is 30.7 Å². The molecule has 1 aromatic carbocycles. The lowest BCUT2D eigenvalue weighted by Crippen LogP contribution is -2.37. The molecule has 3 N–H and O–H groups in total. The minimum absolute atomic E-state index is 0.216. The fourth-order valence-corrected chi connectivity index (χ4v) is 1.50. The summed E-state index contributed by atoms with van der Waals surface area (Å²) >= 11 is 0. The summed E-state index contributed by atoms with van der Waals surface area (Å²) in [5, 5.41) is 13.3. The van der Waals surface area contributed by atoms with E-state index in [1.165, 1.54) is 18.2 Å². The summed E-state index contributed by atoms with van der Waals surface area (Å²) in [6.07, 6.45) is 2.07. The number of nitrogens with one attached hydrogen (secondary N) is 2. The normalized spacial score (nSPS) is 10.4. The van der Waals surface area contributed by atoms with Gasteiger partial charge in [0.25, 0.3) is 5.91 Å². The number of rotatable bonds is 6. The number of benzene rings is 1. The van der Waals surface area contributed by atoms with Crippen LogP contribution in [0.1, 0.15) is 22.8 Å². The van der Waals surface area contributed by atoms with Crippen molar-refractivity contribution in [2.24, 2.45) is 0 Å². The highest BCUT2D eigenvalue weighted by atomic mass is 19.1. The van der Waals surface area contributed by atoms with E-state index in [2.05, 4.69) is 10.6 Å². The van der Waals surface area contributed by atoms with E-state index in [1.54, 1.807) is 6.92 Å². The Morgan fingerprint density at radius 1 is 1.29 bits per heavy atom. The summed E-state index contributed by atoms with van der Waals surface area (Å²) in [6.45, 7) is 1.93. The zero-order chi connectivity index (χ0) is 15.8. The van der Waals surface area contributed by atoms with Gasteiger partial charge in [0.2, 0.25) is 5.91 Å². The van der Waals surface area contributed by atoms with E-state index < -0.39 is 17.7 Å². The molecule has 1 aromatic rings. The summed E-state index contributed by atoms with van der Waals surface area (Å²) in [7, 11) is 0. The van der Waals surface area contributed by atoms with E-state index >= 15 is 0 Å². The van der Waals surface area contributed by atoms with Gasteiger partial charge in [-0.1, -0.05) is 6.07 Å². The number of likely N-dealkylation sites (N-methyl/N-ethyl adjacent to an activating group) is 1. The highest BCUT2D eigenvalue weighted by molar-refractivity contribution is 5.97. The summed E-state index contributed by atoms with van der Waals surface area (Å²) in [4.78, 5) is 33.2. The molecule has 0 atom stereocenters. The van der Waals surface area contributed by atoms with Gasteiger partial charge in [-0.2, -0.15) is 0 Å². The van der Waals surface area contributed by atoms with Crippen LogP contribution in [-0.4, -0.2) is 36.0 Å². The highest BCUT2D eigenvalue weighted by Crippen LogP contribution is 2.11. The number of halogens is 1. The second-order valence-corrected chi connectivity index (χ2v) is 4.05. The van der Waals surface area contributed by atoms with Crippen molar-refractivity contribution in [2.45, 2.75) is 6.92 Å². The Labute approximate surface area is 120 Å². The average molecular weight is 294 g/mol. The Hall–Kier alpha value is -2.70. The van der Waals surface area contributed by atoms with Gasteiger partial charge in [-0.3, -0.25) is 9.59 Å². The molecule has 0 aliphatic carbocycles. The molecule has 0 aliphatic heterocycles. The predicted octanol–water partition coefficient (Wildman–Crippen LogP) is 0.789. The van der Waals surface area contributed by atoms with Crippen molar-refractivity contribution in [3.8, 4) is 0 Å². The second-order valence-electron chi connectivity index (χ2n) is 4.05. The van der Waals surface area contributed by atoms with Crippen LogP contribution in [0.4, 0.5) is 4.39 Å². The first-order valence-electron chi connectivity index (χ1n) is 6.19. The topological polar surface area (TPSA) is 95.5 Å². The fourth-order valence-electron chi connectivity index (χ4n) is 1.50. The Morgan fingerprint density at radius 2 is 2.00 bits per heavy atom. The third-order valence-electron chi connectivity index (χ3n) is 2.44. The first-order valence-corrected chi connectivity index (χ1v) is 6.19. The Morgan fingerprint density at radius 3 is 2.57 bits per heavy atom. The third-order valence-corrected chi connectivity index (χ3v) is 2.44. The molecule has 2 amide bonds. The summed E-state index contributed by atoms with van der Waals surface area (Å²) < 4.78 is 13.8. The maximum Gasteiger partial charge on any atom is 0.328 e. The van der Waals surface area contributed by atoms with E-state index in [4.69, 9.17) is 5.11 Å². The second kappa shape index (κ2) is 7.78. The number of aliphatic carboxylic acids is 1. The van der Waals surface area contributed by atoms with E-state index in [1.807, 2.05) is 0 Å². The minimum Gasteiger partial charge on any atom is -0.478 e. The molecule has 0 fully saturated rings. The molecule has 0 unspecified atom stereocenters. The standard InChI is InChI=1S/C14H15FN2O4/c1-2-16-12(18)8-17-14(21)10-5-3-9(7-11(10)15)4-6-13(19)20/h3-7H,2,8H2,1H3,(H,16,18)(H,17,21)(H,19,20). The van der Waals surface area contributed by atoms with Gasteiger partial charge in [0, 0.05) is 12.6 Å². The quantitative estimate of drug-likeness (QED) is 0.676. The molecule has 0 spiro atoms. The van der Waals surface area contributed by atoms with Crippen LogP contribution in [0.2, 0.25) is 0 Å². The average Bonchev–Trinajstić information content (AvgIpc) is 2.43. The van der Waals surface area contributed by atoms with E-state index in [-0.39, 0.29) is 18.0 Å². The maximum atomic E-state index is 13.8. The summed E-state index contributed by atoms with van der Waals surface area (Å²) in [5.41, 5.74) is 0.0990. The van der Waals surface area contributed by atoms with Gasteiger partial charge >= 0.3 is 5.97 Å². The molecule has 0 radical (unpaired) electrons. The maximum absolute atomic E-state index is 13.8. The van der Waals surface area contributed by atoms with Crippen LogP contribution in [0, 0.1) is 5.82 Å². The molecule has 0 saturated heterocycles. The molecule has 0 saturated carbocycles. The number of amides is 2. The number of hydrogen-bond donors (Lipinski definition) is 3. The van der Waals surface area contributed by atoms with Gasteiger partial charge in [0.05, 0.1) is 12.1 Å². The third kappa shape index (κ3) is 5.43. The smallest absolute Gasteiger partial charge is 0.328 e. The Balaban J connectivity index is 2.73. The Bertz CT molecular complexity index is 584. The lowest BCUT2D eigenvalue weighted by atomic mass is 10.1. The van der Waals surface area contributed by atoms with Crippen LogP contribution in [0.25, 0.3) is 6.08 Å². The minimum atomic E-state index is -1.15. The molecular weight excluding hydrogens is 279 g/mol. The molecule has 21 heavy (non-hydrogen) atoms. The number of carbonyl (C=O) groups excluding carboxylic acids is 2. The van der Waals surface area contributed by atoms with Crippen LogP contribution in [-0.2, 0) is 9.59 Å². The fraction of sp³-hybridized carbons (Fsp3) is 0.214. The van der Waals surface area contributed by atoms with Crippen LogP contribution < -0.4 is 10.6 Å². The van der Waals surface area contributed by atoms with E-state index in [0.29, 0.717) is 12.1 Å². The van der Waals surface area contributed by atoms with Crippen molar-refractivity contribution in [3.63, 3.8) is 0 Å². The van der Waals surface area contributed by atoms with Gasteiger partial charge < -0.3 is 15.7 Å². The van der Waals surface area contributed by atoms with Crippen LogP contribution in [0.5, 0.6) is 0 Å². The summed E-state index contributed by atoms with van der Waals surface area (Å²) in [6, 6.07) is 3.67. The van der Waals surface area contributed by atoms with E-state index in [0.717, 1.165) is 12.1 Å². The molecule has 7 heteroatoms. The first kappa shape index (κ1) is 16.4. The lowest BCUT2D eigenvalue weighted by molar-refractivity contribution is -0.131. The predicted molar refractivity (Wildman–Crippen MR) is 74.1 cm³/mol. The largest absolute Gasteiger partial charge is 0.478 e. The molecule has 6 nitrogen and oxygen atoms in total. The molecule has 0 heterocycles. The van der Waals surface area contributed by atoms with Crippen LogP contribution >= 0.6 is 0 Å². The number of carboxylic acids is 1. The van der Waals surface area contributed by atoms with Crippen molar-refractivity contribution in [3.05, 3.63) is 41.2 Å². The van der Waals surface area contributed by atoms with Crippen LogP contribution in [0.15, 0.2) is 24.3 Å². The van der Waals surface area contributed by atoms with Crippen molar-refractivity contribution in [1.29, 1.82) is 0 Å². The van der Waals surface area contributed by atoms with Crippen molar-refractivity contribution in [2.75, 3.05) is 13.1 Å². The zero-order valence-corrected chi connectivity index (χ0v) is 11.4. The lowest BCUT2D eigenvalue weighted by Gasteiger charge is -2.06. The number of carboxylic acid groups (broad SMARTS) is 1. The monoisotopic (exact) mass is 294 g/mol. The zero-order valence-electron chi connectivity index (χ0n) is 11.4. The van der Waals surface area contributed by atoms with Crippen molar-refractivity contribution in [1.82, 2.24) is 10.6 Å². The van der Waals surface area contributed by atoms with Gasteiger partial charge in [0.1, 0.15) is 5.82 Å². The molecule has 0 aromatic heterocycles. The summed E-state index contributed by atoms with van der Waals surface area (Å²) in [5.74, 6) is -3.03. The molecule has 112 valence electrons. The molecular formula is C14H15FN2O4. The number of carbonyl (C=O) groups is 3. The van der Waals surface area contributed by atoms with Crippen LogP contribution in [0.3, 0.4) is 0 Å². The molecule has 1 rings (SSSR count). The van der Waals surface area contributed by atoms with Crippen molar-refractivity contribution >= 4 is 23.9 Å². The Kier molecular flexibility index (Phi) is 6.06. The number of hydrogen-bond acceptors (Lipinski definition) is 3. The SMILES string of the molecule is CCNC(=O)CNC(=O)c1ccc(C=CC(=O)O)cc1F. The molecule has 0 aliphatic rings. The molecule has 0 bridgehead atoms. The van der Waals surface area contributed by atoms with Crippen molar-refractivity contribution < 1.29 is 23.9 Å². The van der Waals surface area contributed by atoms with Gasteiger partial charge in [0.15, 0.2) is 0 Å². The first-order chi connectivity index (χ1) is 9.93. The van der Waals surface area contributed by atoms with Gasteiger partial charge in [-0.25, -0.2) is 9.18 Å². The highest BCUT2D eigenvalue weighted by Gasteiger charge is 2.12. The van der Waals surface area contributed by atoms with Gasteiger partial charge in [-0.15, -0.1) is 0 Å².